The highest BCUT2D eigenvalue weighted by atomic mass is 32.2. The van der Waals surface area contributed by atoms with Crippen molar-refractivity contribution < 1.29 is 4.79 Å². The molecular formula is C16H14N2OS. The Kier molecular flexibility index (Phi) is 3.56. The lowest BCUT2D eigenvalue weighted by Gasteiger charge is -2.21. The molecular weight excluding hydrogens is 268 g/mol. The summed E-state index contributed by atoms with van der Waals surface area (Å²) in [6, 6.07) is 17.5. The molecule has 1 amide bonds. The van der Waals surface area contributed by atoms with Gasteiger partial charge in [0.25, 0.3) is 0 Å². The monoisotopic (exact) mass is 282 g/mol. The van der Waals surface area contributed by atoms with Crippen molar-refractivity contribution in [3.63, 3.8) is 0 Å². The summed E-state index contributed by atoms with van der Waals surface area (Å²) in [5.41, 5.74) is 2.71. The number of carbonyl (C=O) groups excluding carboxylic acids is 1. The highest BCUT2D eigenvalue weighted by Crippen LogP contribution is 2.29. The summed E-state index contributed by atoms with van der Waals surface area (Å²) in [6.45, 7) is 0. The molecule has 3 nitrogen and oxygen atoms in total. The molecule has 1 aliphatic heterocycles. The van der Waals surface area contributed by atoms with Crippen LogP contribution in [0.1, 0.15) is 5.56 Å². The van der Waals surface area contributed by atoms with Crippen LogP contribution < -0.4 is 4.90 Å². The molecule has 1 heterocycles. The maximum Gasteiger partial charge on any atom is 0.237 e. The van der Waals surface area contributed by atoms with Crippen molar-refractivity contribution >= 4 is 34.2 Å². The molecule has 0 aromatic heterocycles. The van der Waals surface area contributed by atoms with Gasteiger partial charge in [-0.05, 0) is 30.0 Å². The fourth-order valence-corrected chi connectivity index (χ4v) is 2.82. The summed E-state index contributed by atoms with van der Waals surface area (Å²) in [6.07, 6.45) is 2.31. The summed E-state index contributed by atoms with van der Waals surface area (Å²) >= 11 is 1.48. The van der Waals surface area contributed by atoms with Gasteiger partial charge in [-0.3, -0.25) is 9.69 Å². The third kappa shape index (κ3) is 2.34. The second-order valence-electron chi connectivity index (χ2n) is 4.47. The zero-order valence-electron chi connectivity index (χ0n) is 11.1. The molecule has 0 saturated carbocycles. The number of anilines is 1. The van der Waals surface area contributed by atoms with E-state index >= 15 is 0 Å². The van der Waals surface area contributed by atoms with Crippen molar-refractivity contribution in [3.05, 3.63) is 60.2 Å². The lowest BCUT2D eigenvalue weighted by Crippen LogP contribution is -2.35. The smallest absolute Gasteiger partial charge is 0.237 e. The summed E-state index contributed by atoms with van der Waals surface area (Å²) in [4.78, 5) is 18.9. The fourth-order valence-electron chi connectivity index (χ4n) is 2.24. The summed E-state index contributed by atoms with van der Waals surface area (Å²) in [5.74, 6) is 0.0502. The quantitative estimate of drug-likeness (QED) is 0.800. The minimum atomic E-state index is 0.0502. The number of fused-ring (bicyclic) bond motifs is 1. The number of amides is 1. The van der Waals surface area contributed by atoms with Crippen molar-refractivity contribution in [2.24, 2.45) is 4.99 Å². The van der Waals surface area contributed by atoms with Crippen LogP contribution in [0.5, 0.6) is 0 Å². The molecule has 0 fully saturated rings. The number of thioether (sulfide) groups is 1. The highest BCUT2D eigenvalue weighted by Gasteiger charge is 2.25. The van der Waals surface area contributed by atoms with E-state index in [0.29, 0.717) is 11.6 Å². The first kappa shape index (κ1) is 12.9. The van der Waals surface area contributed by atoms with E-state index < -0.39 is 0 Å². The molecule has 0 spiro atoms. The molecule has 20 heavy (non-hydrogen) atoms. The van der Waals surface area contributed by atoms with Crippen LogP contribution in [0.15, 0.2) is 59.6 Å². The molecule has 2 aromatic carbocycles. The van der Waals surface area contributed by atoms with E-state index in [1.54, 1.807) is 4.90 Å². The SMILES string of the molecule is CSC1=Nc2ccccc2CC(=O)N1c1ccccc1. The van der Waals surface area contributed by atoms with Gasteiger partial charge in [-0.2, -0.15) is 0 Å². The van der Waals surface area contributed by atoms with E-state index in [0.717, 1.165) is 16.9 Å². The lowest BCUT2D eigenvalue weighted by molar-refractivity contribution is -0.117. The Morgan fingerprint density at radius 3 is 2.50 bits per heavy atom. The van der Waals surface area contributed by atoms with Gasteiger partial charge in [0.05, 0.1) is 17.8 Å². The summed E-state index contributed by atoms with van der Waals surface area (Å²) < 4.78 is 0. The van der Waals surface area contributed by atoms with Crippen LogP contribution in [0, 0.1) is 0 Å². The molecule has 3 rings (SSSR count). The van der Waals surface area contributed by atoms with Crippen molar-refractivity contribution in [2.45, 2.75) is 6.42 Å². The Bertz CT molecular complexity index is 667. The molecule has 2 aromatic rings. The number of hydrogen-bond donors (Lipinski definition) is 0. The van der Waals surface area contributed by atoms with Gasteiger partial charge in [-0.25, -0.2) is 4.99 Å². The number of amidine groups is 1. The van der Waals surface area contributed by atoms with Crippen LogP contribution in [-0.2, 0) is 11.2 Å². The summed E-state index contributed by atoms with van der Waals surface area (Å²) in [7, 11) is 0. The van der Waals surface area contributed by atoms with Crippen molar-refractivity contribution in [1.29, 1.82) is 0 Å². The van der Waals surface area contributed by atoms with Crippen LogP contribution in [-0.4, -0.2) is 17.3 Å². The second kappa shape index (κ2) is 5.51. The van der Waals surface area contributed by atoms with Crippen LogP contribution in [0.3, 0.4) is 0 Å². The maximum absolute atomic E-state index is 12.6. The maximum atomic E-state index is 12.6. The highest BCUT2D eigenvalue weighted by molar-refractivity contribution is 8.13. The Morgan fingerprint density at radius 1 is 1.05 bits per heavy atom. The average molecular weight is 282 g/mol. The summed E-state index contributed by atoms with van der Waals surface area (Å²) in [5, 5.41) is 0.714. The standard InChI is InChI=1S/C16H14N2OS/c1-20-16-17-14-10-6-5-7-12(14)11-15(19)18(16)13-8-3-2-4-9-13/h2-10H,11H2,1H3. The topological polar surface area (TPSA) is 32.7 Å². The molecule has 0 N–H and O–H groups in total. The second-order valence-corrected chi connectivity index (χ2v) is 5.24. The fraction of sp³-hybridized carbons (Fsp3) is 0.125. The van der Waals surface area contributed by atoms with Crippen molar-refractivity contribution in [2.75, 3.05) is 11.2 Å². The number of rotatable bonds is 1. The van der Waals surface area contributed by atoms with E-state index in [-0.39, 0.29) is 5.91 Å². The van der Waals surface area contributed by atoms with Gasteiger partial charge in [-0.1, -0.05) is 48.2 Å². The Balaban J connectivity index is 2.11. The molecule has 0 saturated heterocycles. The minimum absolute atomic E-state index is 0.0502. The van der Waals surface area contributed by atoms with Gasteiger partial charge in [0.2, 0.25) is 5.91 Å². The predicted molar refractivity (Wildman–Crippen MR) is 84.7 cm³/mol. The molecule has 1 aliphatic rings. The number of carbonyl (C=O) groups is 1. The zero-order chi connectivity index (χ0) is 13.9. The Morgan fingerprint density at radius 2 is 1.75 bits per heavy atom. The molecule has 0 aliphatic carbocycles. The van der Waals surface area contributed by atoms with E-state index in [4.69, 9.17) is 0 Å². The van der Waals surface area contributed by atoms with E-state index in [9.17, 15) is 4.79 Å². The number of para-hydroxylation sites is 2. The predicted octanol–water partition coefficient (Wildman–Crippen LogP) is 3.63. The van der Waals surface area contributed by atoms with Crippen molar-refractivity contribution in [1.82, 2.24) is 0 Å². The van der Waals surface area contributed by atoms with Gasteiger partial charge in [0, 0.05) is 0 Å². The number of hydrogen-bond acceptors (Lipinski definition) is 3. The van der Waals surface area contributed by atoms with Crippen molar-refractivity contribution in [3.8, 4) is 0 Å². The first-order valence-corrected chi connectivity index (χ1v) is 7.60. The van der Waals surface area contributed by atoms with Crippen LogP contribution in [0.4, 0.5) is 11.4 Å². The largest absolute Gasteiger partial charge is 0.274 e. The molecule has 0 radical (unpaired) electrons. The number of benzene rings is 2. The average Bonchev–Trinajstić information content (AvgIpc) is 2.63. The third-order valence-electron chi connectivity index (χ3n) is 3.19. The number of aliphatic imine (C=N–C) groups is 1. The van der Waals surface area contributed by atoms with Gasteiger partial charge in [0.1, 0.15) is 0 Å². The first-order valence-electron chi connectivity index (χ1n) is 6.38. The normalized spacial score (nSPS) is 14.6. The number of nitrogens with zero attached hydrogens (tertiary/aromatic N) is 2. The van der Waals surface area contributed by atoms with E-state index in [1.165, 1.54) is 11.8 Å². The van der Waals surface area contributed by atoms with Crippen LogP contribution in [0.2, 0.25) is 0 Å². The van der Waals surface area contributed by atoms with E-state index in [1.807, 2.05) is 60.9 Å². The lowest BCUT2D eigenvalue weighted by atomic mass is 10.1. The minimum Gasteiger partial charge on any atom is -0.274 e. The Labute approximate surface area is 122 Å². The van der Waals surface area contributed by atoms with Crippen LogP contribution in [0.25, 0.3) is 0 Å². The van der Waals surface area contributed by atoms with Crippen LogP contribution >= 0.6 is 11.8 Å². The van der Waals surface area contributed by atoms with Gasteiger partial charge in [-0.15, -0.1) is 0 Å². The molecule has 0 atom stereocenters. The van der Waals surface area contributed by atoms with Gasteiger partial charge in [0.15, 0.2) is 5.17 Å². The molecule has 0 unspecified atom stereocenters. The van der Waals surface area contributed by atoms with E-state index in [2.05, 4.69) is 4.99 Å². The molecule has 0 bridgehead atoms. The zero-order valence-corrected chi connectivity index (χ0v) is 11.9. The third-order valence-corrected chi connectivity index (χ3v) is 3.83. The first-order chi connectivity index (χ1) is 9.79. The molecule has 4 heteroatoms. The Hall–Kier alpha value is -2.07. The van der Waals surface area contributed by atoms with Gasteiger partial charge < -0.3 is 0 Å². The molecule has 100 valence electrons. The van der Waals surface area contributed by atoms with Gasteiger partial charge >= 0.3 is 0 Å².